The normalized spacial score (nSPS) is 11.4. The summed E-state index contributed by atoms with van der Waals surface area (Å²) in [4.78, 5) is 2.42. The van der Waals surface area contributed by atoms with E-state index in [0.29, 0.717) is 0 Å². The lowest BCUT2D eigenvalue weighted by Crippen LogP contribution is -2.11. The van der Waals surface area contributed by atoms with E-state index in [2.05, 4.69) is 248 Å². The second-order valence-electron chi connectivity index (χ2n) is 16.4. The Morgan fingerprint density at radius 2 is 0.719 bits per heavy atom. The summed E-state index contributed by atoms with van der Waals surface area (Å²) < 4.78 is 6.53. The zero-order valence-electron chi connectivity index (χ0n) is 35.0. The highest BCUT2D eigenvalue weighted by atomic mass is 16.3. The average molecular weight is 816 g/mol. The van der Waals surface area contributed by atoms with Crippen LogP contribution < -0.4 is 4.90 Å². The van der Waals surface area contributed by atoms with E-state index >= 15 is 0 Å². The van der Waals surface area contributed by atoms with Gasteiger partial charge in [0, 0.05) is 16.8 Å². The van der Waals surface area contributed by atoms with Crippen LogP contribution in [0.3, 0.4) is 0 Å². The summed E-state index contributed by atoms with van der Waals surface area (Å²) in [5.74, 6) is 0. The van der Waals surface area contributed by atoms with Gasteiger partial charge in [-0.05, 0) is 132 Å². The summed E-state index contributed by atoms with van der Waals surface area (Å²) in [6.45, 7) is 0. The standard InChI is InChI=1S/C62H41NO/c1-5-19-42(20-6-1)48-37-49(43-21-7-2-8-22-43)40-51(39-48)63(57-32-18-34-59-62(57)55-31-15-16-33-58(55)64-59)50-28-17-27-46(38-50)47-35-36-53-52-29-13-14-30-54(52)60(44-23-9-3-10-24-44)61(56(53)41-47)45-25-11-4-12-26-45/h1-41H. The molecule has 0 aliphatic heterocycles. The molecule has 2 nitrogen and oxygen atoms in total. The first-order chi connectivity index (χ1) is 31.7. The Morgan fingerprint density at radius 3 is 1.38 bits per heavy atom. The van der Waals surface area contributed by atoms with Gasteiger partial charge in [0.2, 0.25) is 0 Å². The molecular weight excluding hydrogens is 775 g/mol. The number of fused-ring (bicyclic) bond motifs is 6. The number of para-hydroxylation sites is 1. The third-order valence-electron chi connectivity index (χ3n) is 12.6. The predicted octanol–water partition coefficient (Wildman–Crippen LogP) is 17.7. The van der Waals surface area contributed by atoms with Gasteiger partial charge in [-0.25, -0.2) is 0 Å². The van der Waals surface area contributed by atoms with Gasteiger partial charge in [0.25, 0.3) is 0 Å². The molecule has 300 valence electrons. The molecule has 0 saturated carbocycles. The zero-order valence-corrected chi connectivity index (χ0v) is 35.0. The minimum absolute atomic E-state index is 0.853. The molecule has 0 unspecified atom stereocenters. The third kappa shape index (κ3) is 6.52. The number of anilines is 3. The molecule has 0 aliphatic rings. The molecule has 11 aromatic carbocycles. The van der Waals surface area contributed by atoms with Gasteiger partial charge in [0.05, 0.1) is 11.1 Å². The van der Waals surface area contributed by atoms with Gasteiger partial charge in [0.15, 0.2) is 0 Å². The molecule has 0 fully saturated rings. The van der Waals surface area contributed by atoms with Crippen LogP contribution in [0.25, 0.3) is 99.1 Å². The summed E-state index contributed by atoms with van der Waals surface area (Å²) in [5, 5.41) is 7.12. The SMILES string of the molecule is c1ccc(-c2cc(-c3ccccc3)cc(N(c3cccc(-c4ccc5c(c4)c(-c4ccccc4)c(-c4ccccc4)c4ccccc45)c3)c3cccc4oc5ccccc5c34)c2)cc1. The van der Waals surface area contributed by atoms with Crippen LogP contribution in [0, 0.1) is 0 Å². The van der Waals surface area contributed by atoms with Crippen molar-refractivity contribution >= 4 is 60.5 Å². The molecule has 0 radical (unpaired) electrons. The van der Waals surface area contributed by atoms with E-state index < -0.39 is 0 Å². The molecule has 1 heterocycles. The van der Waals surface area contributed by atoms with E-state index in [4.69, 9.17) is 4.42 Å². The number of hydrogen-bond donors (Lipinski definition) is 0. The van der Waals surface area contributed by atoms with Gasteiger partial charge in [-0.15, -0.1) is 0 Å². The summed E-state index contributed by atoms with van der Waals surface area (Å²) in [6.07, 6.45) is 0. The molecule has 2 heteroatoms. The van der Waals surface area contributed by atoms with Gasteiger partial charge >= 0.3 is 0 Å². The van der Waals surface area contributed by atoms with E-state index in [1.807, 2.05) is 6.07 Å². The maximum Gasteiger partial charge on any atom is 0.137 e. The van der Waals surface area contributed by atoms with E-state index in [1.54, 1.807) is 0 Å². The monoisotopic (exact) mass is 815 g/mol. The van der Waals surface area contributed by atoms with Crippen molar-refractivity contribution in [2.24, 2.45) is 0 Å². The highest BCUT2D eigenvalue weighted by molar-refractivity contribution is 6.22. The molecule has 0 bridgehead atoms. The largest absolute Gasteiger partial charge is 0.456 e. The van der Waals surface area contributed by atoms with Gasteiger partial charge < -0.3 is 9.32 Å². The molecule has 0 aliphatic carbocycles. The first kappa shape index (κ1) is 37.3. The van der Waals surface area contributed by atoms with Crippen LogP contribution in [0.1, 0.15) is 0 Å². The van der Waals surface area contributed by atoms with Crippen molar-refractivity contribution in [1.82, 2.24) is 0 Å². The van der Waals surface area contributed by atoms with E-state index in [9.17, 15) is 0 Å². The Bertz CT molecular complexity index is 3590. The Labute approximate surface area is 372 Å². The number of nitrogens with zero attached hydrogens (tertiary/aromatic N) is 1. The predicted molar refractivity (Wildman–Crippen MR) is 271 cm³/mol. The third-order valence-corrected chi connectivity index (χ3v) is 12.6. The van der Waals surface area contributed by atoms with Crippen molar-refractivity contribution in [2.45, 2.75) is 0 Å². The first-order valence-corrected chi connectivity index (χ1v) is 21.9. The molecule has 1 aromatic heterocycles. The molecule has 0 saturated heterocycles. The highest BCUT2D eigenvalue weighted by Crippen LogP contribution is 2.48. The van der Waals surface area contributed by atoms with Crippen LogP contribution >= 0.6 is 0 Å². The number of furan rings is 1. The van der Waals surface area contributed by atoms with E-state index in [0.717, 1.165) is 72.4 Å². The molecule has 64 heavy (non-hydrogen) atoms. The Morgan fingerprint density at radius 1 is 0.250 bits per heavy atom. The van der Waals surface area contributed by atoms with Crippen LogP contribution in [0.2, 0.25) is 0 Å². The average Bonchev–Trinajstić information content (AvgIpc) is 3.76. The van der Waals surface area contributed by atoms with Gasteiger partial charge in [-0.3, -0.25) is 0 Å². The molecular formula is C62H41NO. The lowest BCUT2D eigenvalue weighted by molar-refractivity contribution is 0.669. The van der Waals surface area contributed by atoms with Crippen LogP contribution in [-0.4, -0.2) is 0 Å². The highest BCUT2D eigenvalue weighted by Gasteiger charge is 2.22. The molecule has 0 spiro atoms. The molecule has 12 aromatic rings. The number of benzene rings is 11. The van der Waals surface area contributed by atoms with Crippen LogP contribution in [0.4, 0.5) is 17.1 Å². The summed E-state index contributed by atoms with van der Waals surface area (Å²) in [6, 6.07) is 89.8. The topological polar surface area (TPSA) is 16.4 Å². The first-order valence-electron chi connectivity index (χ1n) is 21.9. The minimum Gasteiger partial charge on any atom is -0.456 e. The van der Waals surface area contributed by atoms with Crippen molar-refractivity contribution in [3.8, 4) is 55.6 Å². The number of rotatable bonds is 8. The van der Waals surface area contributed by atoms with Gasteiger partial charge in [0.1, 0.15) is 11.2 Å². The fourth-order valence-corrected chi connectivity index (χ4v) is 9.71. The number of hydrogen-bond acceptors (Lipinski definition) is 2. The molecule has 0 atom stereocenters. The molecule has 12 rings (SSSR count). The lowest BCUT2D eigenvalue weighted by Gasteiger charge is -2.28. The van der Waals surface area contributed by atoms with Crippen LogP contribution in [0.5, 0.6) is 0 Å². The van der Waals surface area contributed by atoms with Crippen molar-refractivity contribution in [3.05, 3.63) is 249 Å². The van der Waals surface area contributed by atoms with Crippen molar-refractivity contribution in [3.63, 3.8) is 0 Å². The van der Waals surface area contributed by atoms with E-state index in [-0.39, 0.29) is 0 Å². The van der Waals surface area contributed by atoms with Gasteiger partial charge in [-0.1, -0.05) is 194 Å². The second-order valence-corrected chi connectivity index (χ2v) is 16.4. The van der Waals surface area contributed by atoms with Crippen LogP contribution in [0.15, 0.2) is 253 Å². The fourth-order valence-electron chi connectivity index (χ4n) is 9.71. The summed E-state index contributed by atoms with van der Waals surface area (Å²) in [5.41, 5.74) is 16.7. The summed E-state index contributed by atoms with van der Waals surface area (Å²) in [7, 11) is 0. The Balaban J connectivity index is 1.11. The fraction of sp³-hybridized carbons (Fsp3) is 0. The quantitative estimate of drug-likeness (QED) is 0.142. The molecule has 0 amide bonds. The van der Waals surface area contributed by atoms with Gasteiger partial charge in [-0.2, -0.15) is 0 Å². The summed E-state index contributed by atoms with van der Waals surface area (Å²) >= 11 is 0. The van der Waals surface area contributed by atoms with Crippen molar-refractivity contribution in [1.29, 1.82) is 0 Å². The Hall–Kier alpha value is -8.46. The van der Waals surface area contributed by atoms with E-state index in [1.165, 1.54) is 43.8 Å². The molecule has 0 N–H and O–H groups in total. The second kappa shape index (κ2) is 15.8. The lowest BCUT2D eigenvalue weighted by atomic mass is 9.84. The van der Waals surface area contributed by atoms with Crippen molar-refractivity contribution in [2.75, 3.05) is 4.90 Å². The maximum atomic E-state index is 6.53. The van der Waals surface area contributed by atoms with Crippen molar-refractivity contribution < 1.29 is 4.42 Å². The maximum absolute atomic E-state index is 6.53. The minimum atomic E-state index is 0.853. The smallest absolute Gasteiger partial charge is 0.137 e. The Kier molecular flexibility index (Phi) is 9.20. The van der Waals surface area contributed by atoms with Crippen LogP contribution in [-0.2, 0) is 0 Å². The zero-order chi connectivity index (χ0) is 42.4.